The maximum absolute atomic E-state index is 10.9. The topological polar surface area (TPSA) is 52.6 Å². The van der Waals surface area contributed by atoms with Gasteiger partial charge >= 0.3 is 83.0 Å². The summed E-state index contributed by atoms with van der Waals surface area (Å²) in [6.45, 7) is 6.21. The number of hydrogen-bond acceptors (Lipinski definition) is 4. The summed E-state index contributed by atoms with van der Waals surface area (Å²) in [6.07, 6.45) is 0. The van der Waals surface area contributed by atoms with Gasteiger partial charge in [-0.05, 0) is 0 Å². The first-order valence-corrected chi connectivity index (χ1v) is 4.15. The molecule has 0 fully saturated rings. The zero-order valence-corrected chi connectivity index (χ0v) is 8.96. The molecule has 0 saturated carbocycles. The average molecular weight is 247 g/mol. The molecular formula is C8H8O4Se. The monoisotopic (exact) mass is 248 g/mol. The van der Waals surface area contributed by atoms with E-state index >= 15 is 0 Å². The predicted octanol–water partition coefficient (Wildman–Crippen LogP) is 0.0798. The summed E-state index contributed by atoms with van der Waals surface area (Å²) in [6, 6.07) is 0. The third kappa shape index (κ3) is 4.43. The Kier molecular flexibility index (Phi) is 5.00. The van der Waals surface area contributed by atoms with E-state index < -0.39 is 11.9 Å². The van der Waals surface area contributed by atoms with Gasteiger partial charge < -0.3 is 0 Å². The number of hydrogen-bond donors (Lipinski definition) is 0. The van der Waals surface area contributed by atoms with E-state index in [1.54, 1.807) is 0 Å². The van der Waals surface area contributed by atoms with Gasteiger partial charge in [0.15, 0.2) is 0 Å². The van der Waals surface area contributed by atoms with Crippen molar-refractivity contribution < 1.29 is 19.4 Å². The van der Waals surface area contributed by atoms with Crippen molar-refractivity contribution in [3.63, 3.8) is 0 Å². The van der Waals surface area contributed by atoms with E-state index in [0.29, 0.717) is 0 Å². The van der Waals surface area contributed by atoms with Gasteiger partial charge in [-0.1, -0.05) is 0 Å². The molecule has 5 heteroatoms. The normalized spacial score (nSPS) is 8.15. The fourth-order valence-electron chi connectivity index (χ4n) is 0.251. The van der Waals surface area contributed by atoms with Crippen LogP contribution in [0, 0.1) is 0 Å². The molecule has 0 aromatic heterocycles. The van der Waals surface area contributed by atoms with Gasteiger partial charge in [0.05, 0.1) is 0 Å². The SMILES string of the molecule is C=C(C)C(=O)OOC(=O)C(C)=C=[Se]. The Hall–Kier alpha value is -1.15. The quantitative estimate of drug-likeness (QED) is 0.300. The molecular weight excluding hydrogens is 239 g/mol. The third-order valence-electron chi connectivity index (χ3n) is 1.00. The molecule has 0 aliphatic rings. The molecule has 0 N–H and O–H groups in total. The standard InChI is InChI=1S/C8H8O4Se/c1-5(2)7(9)11-12-8(10)6(3)4-13/h1H2,2-3H3. The summed E-state index contributed by atoms with van der Waals surface area (Å²) in [4.78, 5) is 29.8. The Balaban J connectivity index is 4.05. The molecule has 0 spiro atoms. The minimum absolute atomic E-state index is 0.154. The average Bonchev–Trinajstić information content (AvgIpc) is 2.11. The van der Waals surface area contributed by atoms with Crippen molar-refractivity contribution in [2.75, 3.05) is 0 Å². The van der Waals surface area contributed by atoms with E-state index in [-0.39, 0.29) is 11.1 Å². The molecule has 0 aliphatic heterocycles. The van der Waals surface area contributed by atoms with Crippen molar-refractivity contribution >= 4 is 32.1 Å². The first-order valence-electron chi connectivity index (χ1n) is 3.29. The molecule has 0 atom stereocenters. The molecule has 0 radical (unpaired) electrons. The predicted molar refractivity (Wildman–Crippen MR) is 46.9 cm³/mol. The molecule has 0 bridgehead atoms. The number of carbonyl (C=O) groups is 2. The Morgan fingerprint density at radius 2 is 1.69 bits per heavy atom. The van der Waals surface area contributed by atoms with Crippen LogP contribution in [0.15, 0.2) is 17.7 Å². The van der Waals surface area contributed by atoms with Crippen LogP contribution in [0.4, 0.5) is 0 Å². The van der Waals surface area contributed by atoms with Crippen LogP contribution in [0.25, 0.3) is 0 Å². The zero-order chi connectivity index (χ0) is 10.4. The van der Waals surface area contributed by atoms with Crippen molar-refractivity contribution in [2.45, 2.75) is 13.8 Å². The van der Waals surface area contributed by atoms with Crippen LogP contribution in [0.5, 0.6) is 0 Å². The molecule has 0 heterocycles. The first-order chi connectivity index (χ1) is 5.99. The van der Waals surface area contributed by atoms with Gasteiger partial charge in [0.25, 0.3) is 0 Å². The Morgan fingerprint density at radius 3 is 2.08 bits per heavy atom. The van der Waals surface area contributed by atoms with Crippen molar-refractivity contribution in [1.82, 2.24) is 0 Å². The van der Waals surface area contributed by atoms with Gasteiger partial charge in [0.2, 0.25) is 0 Å². The number of rotatable bonds is 2. The second-order valence-corrected chi connectivity index (χ2v) is 2.68. The van der Waals surface area contributed by atoms with Gasteiger partial charge in [0, 0.05) is 0 Å². The van der Waals surface area contributed by atoms with E-state index in [0.717, 1.165) is 0 Å². The zero-order valence-electron chi connectivity index (χ0n) is 7.25. The summed E-state index contributed by atoms with van der Waals surface area (Å²) in [5.41, 5.74) is 0.344. The molecule has 0 aliphatic carbocycles. The first kappa shape index (κ1) is 11.8. The Labute approximate surface area is 83.5 Å². The summed E-state index contributed by atoms with van der Waals surface area (Å²) >= 11 is 2.39. The van der Waals surface area contributed by atoms with Crippen molar-refractivity contribution in [1.29, 1.82) is 0 Å². The van der Waals surface area contributed by atoms with Crippen LogP contribution in [-0.2, 0) is 19.4 Å². The molecule has 0 amide bonds. The fourth-order valence-corrected chi connectivity index (χ4v) is 0.426. The van der Waals surface area contributed by atoms with Crippen LogP contribution >= 0.6 is 0 Å². The van der Waals surface area contributed by atoms with Crippen LogP contribution in [-0.4, -0.2) is 32.1 Å². The van der Waals surface area contributed by atoms with Crippen molar-refractivity contribution in [3.05, 3.63) is 17.7 Å². The molecule has 0 unspecified atom stereocenters. The Bertz CT molecular complexity index is 299. The fraction of sp³-hybridized carbons (Fsp3) is 0.250. The van der Waals surface area contributed by atoms with Crippen LogP contribution in [0.2, 0.25) is 0 Å². The van der Waals surface area contributed by atoms with Crippen LogP contribution in [0.1, 0.15) is 13.8 Å². The molecule has 0 rings (SSSR count). The van der Waals surface area contributed by atoms with Gasteiger partial charge in [-0.3, -0.25) is 0 Å². The van der Waals surface area contributed by atoms with E-state index in [2.05, 4.69) is 36.5 Å². The van der Waals surface area contributed by atoms with Crippen LogP contribution < -0.4 is 0 Å². The molecule has 0 aromatic carbocycles. The summed E-state index contributed by atoms with van der Waals surface area (Å²) in [5.74, 6) is -1.55. The molecule has 13 heavy (non-hydrogen) atoms. The molecule has 0 aromatic rings. The molecule has 0 saturated heterocycles. The second kappa shape index (κ2) is 5.49. The second-order valence-electron chi connectivity index (χ2n) is 2.25. The van der Waals surface area contributed by atoms with Gasteiger partial charge in [-0.15, -0.1) is 0 Å². The van der Waals surface area contributed by atoms with E-state index in [1.165, 1.54) is 13.8 Å². The van der Waals surface area contributed by atoms with Crippen molar-refractivity contribution in [3.8, 4) is 0 Å². The van der Waals surface area contributed by atoms with Gasteiger partial charge in [-0.2, -0.15) is 0 Å². The summed E-state index contributed by atoms with van der Waals surface area (Å²) < 4.78 is 2.42. The van der Waals surface area contributed by atoms with E-state index in [1.807, 2.05) is 0 Å². The minimum atomic E-state index is -0.777. The van der Waals surface area contributed by atoms with Gasteiger partial charge in [-0.25, -0.2) is 0 Å². The van der Waals surface area contributed by atoms with Crippen LogP contribution in [0.3, 0.4) is 0 Å². The van der Waals surface area contributed by atoms with E-state index in [4.69, 9.17) is 0 Å². The molecule has 4 nitrogen and oxygen atoms in total. The summed E-state index contributed by atoms with van der Waals surface area (Å²) in [7, 11) is 0. The third-order valence-corrected chi connectivity index (χ3v) is 1.64. The Morgan fingerprint density at radius 1 is 1.23 bits per heavy atom. The maximum atomic E-state index is 10.9. The van der Waals surface area contributed by atoms with Crippen molar-refractivity contribution in [2.24, 2.45) is 0 Å². The van der Waals surface area contributed by atoms with E-state index in [9.17, 15) is 9.59 Å². The summed E-state index contributed by atoms with van der Waals surface area (Å²) in [5, 5.41) is 0. The molecule has 70 valence electrons. The number of carbonyl (C=O) groups excluding carboxylic acids is 2. The van der Waals surface area contributed by atoms with Gasteiger partial charge in [0.1, 0.15) is 0 Å².